The minimum absolute atomic E-state index is 0.0599. The number of carbonyl (C=O) groups excluding carboxylic acids is 2. The van der Waals surface area contributed by atoms with Crippen LogP contribution in [0.3, 0.4) is 0 Å². The van der Waals surface area contributed by atoms with Gasteiger partial charge in [0.2, 0.25) is 15.9 Å². The largest absolute Gasteiger partial charge is 0.490 e. The molecule has 17 heteroatoms. The Labute approximate surface area is 220 Å². The number of benzene rings is 1. The van der Waals surface area contributed by atoms with E-state index in [9.17, 15) is 36.0 Å². The summed E-state index contributed by atoms with van der Waals surface area (Å²) in [6.07, 6.45) is -2.35. The van der Waals surface area contributed by atoms with Gasteiger partial charge in [-0.05, 0) is 30.5 Å². The highest BCUT2D eigenvalue weighted by atomic mass is 32.2. The fourth-order valence-corrected chi connectivity index (χ4v) is 4.03. The predicted octanol–water partition coefficient (Wildman–Crippen LogP) is 0.161. The Bertz CT molecular complexity index is 1310. The standard InChI is InChI=1S/C20H26N6O5S.C2HF3O2/c21-20(22)23-10-4-8-16(13-27)24-18(28)12-26-11-5-9-17(19(26)29)25-32(30,31)14-15-6-2-1-3-7-15;3-2(4,5)1(6)7/h1-3,5-7,9,11,13,16,25H,4,8,10,12,14H2,(H,24,28)(H4,21,22,23);(H,6,7). The number of rotatable bonds is 12. The SMILES string of the molecule is NC(N)=NCCCC(C=O)NC(=O)Cn1cccc(NS(=O)(=O)Cc2ccccc2)c1=O.O=C(O)C(F)(F)F. The molecule has 1 unspecified atom stereocenters. The van der Waals surface area contributed by atoms with Crippen LogP contribution in [0.1, 0.15) is 18.4 Å². The summed E-state index contributed by atoms with van der Waals surface area (Å²) < 4.78 is 59.9. The van der Waals surface area contributed by atoms with Gasteiger partial charge in [0.05, 0.1) is 11.8 Å². The quantitative estimate of drug-likeness (QED) is 0.100. The Hall–Kier alpha value is -4.41. The highest BCUT2D eigenvalue weighted by molar-refractivity contribution is 7.91. The number of amides is 1. The normalized spacial score (nSPS) is 11.8. The van der Waals surface area contributed by atoms with E-state index < -0.39 is 39.7 Å². The fraction of sp³-hybridized carbons (Fsp3) is 0.318. The number of pyridine rings is 1. The third-order valence-electron chi connectivity index (χ3n) is 4.52. The first-order valence-electron chi connectivity index (χ1n) is 11.0. The molecule has 13 nitrogen and oxygen atoms in total. The molecule has 1 aromatic heterocycles. The predicted molar refractivity (Wildman–Crippen MR) is 135 cm³/mol. The summed E-state index contributed by atoms with van der Waals surface area (Å²) in [6, 6.07) is 10.5. The van der Waals surface area contributed by atoms with E-state index in [4.69, 9.17) is 21.4 Å². The van der Waals surface area contributed by atoms with Gasteiger partial charge in [-0.25, -0.2) is 13.2 Å². The molecule has 1 heterocycles. The number of guanidine groups is 1. The van der Waals surface area contributed by atoms with Gasteiger partial charge in [0.25, 0.3) is 5.56 Å². The molecule has 1 atom stereocenters. The Morgan fingerprint density at radius 2 is 1.74 bits per heavy atom. The van der Waals surface area contributed by atoms with Crippen molar-refractivity contribution in [2.75, 3.05) is 11.3 Å². The van der Waals surface area contributed by atoms with E-state index in [0.717, 1.165) is 4.57 Å². The molecule has 0 fully saturated rings. The zero-order chi connectivity index (χ0) is 29.6. The number of aldehydes is 1. The molecule has 1 amide bonds. The monoisotopic (exact) mass is 576 g/mol. The van der Waals surface area contributed by atoms with Crippen LogP contribution in [0.4, 0.5) is 18.9 Å². The summed E-state index contributed by atoms with van der Waals surface area (Å²) in [5, 5.41) is 9.64. The van der Waals surface area contributed by atoms with Crippen molar-refractivity contribution < 1.29 is 41.1 Å². The summed E-state index contributed by atoms with van der Waals surface area (Å²) in [6.45, 7) is -0.0709. The number of nitrogens with zero attached hydrogens (tertiary/aromatic N) is 2. The third kappa shape index (κ3) is 13.1. The molecule has 0 radical (unpaired) electrons. The number of anilines is 1. The molecule has 1 aromatic carbocycles. The summed E-state index contributed by atoms with van der Waals surface area (Å²) in [4.78, 5) is 48.8. The van der Waals surface area contributed by atoms with Crippen LogP contribution in [0, 0.1) is 0 Å². The number of carbonyl (C=O) groups is 3. The van der Waals surface area contributed by atoms with Crippen molar-refractivity contribution in [2.24, 2.45) is 16.5 Å². The van der Waals surface area contributed by atoms with Crippen molar-refractivity contribution in [1.29, 1.82) is 0 Å². The molecule has 0 bridgehead atoms. The molecule has 0 saturated carbocycles. The van der Waals surface area contributed by atoms with E-state index in [1.807, 2.05) is 0 Å². The zero-order valence-corrected chi connectivity index (χ0v) is 21.1. The number of nitrogens with two attached hydrogens (primary N) is 2. The maximum absolute atomic E-state index is 12.6. The van der Waals surface area contributed by atoms with Crippen LogP contribution in [-0.4, -0.2) is 61.0 Å². The number of carboxylic acid groups (broad SMARTS) is 1. The van der Waals surface area contributed by atoms with E-state index >= 15 is 0 Å². The maximum atomic E-state index is 12.6. The lowest BCUT2D eigenvalue weighted by molar-refractivity contribution is -0.192. The van der Waals surface area contributed by atoms with Crippen LogP contribution in [0.25, 0.3) is 0 Å². The van der Waals surface area contributed by atoms with Gasteiger partial charge < -0.3 is 31.3 Å². The molecule has 0 aliphatic carbocycles. The van der Waals surface area contributed by atoms with Crippen molar-refractivity contribution in [3.8, 4) is 0 Å². The molecule has 7 N–H and O–H groups in total. The molecule has 0 aliphatic heterocycles. The van der Waals surface area contributed by atoms with Crippen molar-refractivity contribution >= 4 is 39.8 Å². The molecule has 2 rings (SSSR count). The second-order valence-corrected chi connectivity index (χ2v) is 9.49. The number of hydrogen-bond donors (Lipinski definition) is 5. The number of carboxylic acids is 1. The topological polar surface area (TPSA) is 216 Å². The van der Waals surface area contributed by atoms with Crippen molar-refractivity contribution in [1.82, 2.24) is 9.88 Å². The lowest BCUT2D eigenvalue weighted by Gasteiger charge is -2.14. The molecule has 0 spiro atoms. The minimum Gasteiger partial charge on any atom is -0.475 e. The molecule has 0 saturated heterocycles. The minimum atomic E-state index is -5.08. The molecule has 214 valence electrons. The summed E-state index contributed by atoms with van der Waals surface area (Å²) in [5.41, 5.74) is 10.1. The number of aliphatic carboxylic acids is 1. The van der Waals surface area contributed by atoms with Gasteiger partial charge in [-0.3, -0.25) is 19.3 Å². The first kappa shape index (κ1) is 32.6. The average molecular weight is 577 g/mol. The number of alkyl halides is 3. The molecule has 39 heavy (non-hydrogen) atoms. The van der Waals surface area contributed by atoms with E-state index in [-0.39, 0.29) is 23.9 Å². The molecular weight excluding hydrogens is 549 g/mol. The number of sulfonamides is 1. The van der Waals surface area contributed by atoms with Crippen LogP contribution in [0.15, 0.2) is 58.4 Å². The van der Waals surface area contributed by atoms with Gasteiger partial charge >= 0.3 is 12.1 Å². The van der Waals surface area contributed by atoms with Gasteiger partial charge in [-0.15, -0.1) is 0 Å². The lowest BCUT2D eigenvalue weighted by Crippen LogP contribution is -2.40. The number of nitrogens with one attached hydrogen (secondary N) is 2. The van der Waals surface area contributed by atoms with Crippen LogP contribution >= 0.6 is 0 Å². The van der Waals surface area contributed by atoms with E-state index in [2.05, 4.69) is 15.0 Å². The number of hydrogen-bond acceptors (Lipinski definition) is 7. The Morgan fingerprint density at radius 1 is 1.13 bits per heavy atom. The maximum Gasteiger partial charge on any atom is 0.490 e. The summed E-state index contributed by atoms with van der Waals surface area (Å²) in [5.74, 6) is -3.69. The van der Waals surface area contributed by atoms with Crippen LogP contribution in [0.5, 0.6) is 0 Å². The van der Waals surface area contributed by atoms with E-state index in [1.165, 1.54) is 18.3 Å². The summed E-state index contributed by atoms with van der Waals surface area (Å²) >= 11 is 0. The van der Waals surface area contributed by atoms with Crippen LogP contribution < -0.4 is 27.1 Å². The van der Waals surface area contributed by atoms with Crippen molar-refractivity contribution in [2.45, 2.75) is 37.4 Å². The van der Waals surface area contributed by atoms with Gasteiger partial charge in [0.1, 0.15) is 18.5 Å². The highest BCUT2D eigenvalue weighted by Crippen LogP contribution is 2.13. The Balaban J connectivity index is 0.000000956. The second-order valence-electron chi connectivity index (χ2n) is 7.76. The number of aromatic nitrogens is 1. The van der Waals surface area contributed by atoms with Crippen LogP contribution in [-0.2, 0) is 36.7 Å². The Morgan fingerprint density at radius 3 is 2.28 bits per heavy atom. The molecule has 0 aliphatic rings. The van der Waals surface area contributed by atoms with Crippen molar-refractivity contribution in [3.05, 3.63) is 64.6 Å². The molecular formula is C22H27F3N6O7S. The first-order chi connectivity index (χ1) is 18.1. The van der Waals surface area contributed by atoms with Gasteiger partial charge in [0.15, 0.2) is 5.96 Å². The second kappa shape index (κ2) is 15.1. The fourth-order valence-electron chi connectivity index (χ4n) is 2.84. The summed E-state index contributed by atoms with van der Waals surface area (Å²) in [7, 11) is -3.84. The van der Waals surface area contributed by atoms with Gasteiger partial charge in [-0.1, -0.05) is 30.3 Å². The Kier molecular flexibility index (Phi) is 12.6. The van der Waals surface area contributed by atoms with E-state index in [1.54, 1.807) is 30.3 Å². The zero-order valence-electron chi connectivity index (χ0n) is 20.3. The van der Waals surface area contributed by atoms with E-state index in [0.29, 0.717) is 31.2 Å². The molecule has 2 aromatic rings. The van der Waals surface area contributed by atoms with Gasteiger partial charge in [0, 0.05) is 12.7 Å². The smallest absolute Gasteiger partial charge is 0.475 e. The highest BCUT2D eigenvalue weighted by Gasteiger charge is 2.38. The number of halogens is 3. The number of aliphatic imine (C=N–C) groups is 1. The average Bonchev–Trinajstić information content (AvgIpc) is 2.83. The first-order valence-corrected chi connectivity index (χ1v) is 12.6. The third-order valence-corrected chi connectivity index (χ3v) is 5.76. The van der Waals surface area contributed by atoms with Crippen LogP contribution in [0.2, 0.25) is 0 Å². The van der Waals surface area contributed by atoms with Gasteiger partial charge in [-0.2, -0.15) is 13.2 Å². The van der Waals surface area contributed by atoms with Crippen molar-refractivity contribution in [3.63, 3.8) is 0 Å². The lowest BCUT2D eigenvalue weighted by atomic mass is 10.2.